The van der Waals surface area contributed by atoms with Gasteiger partial charge in [-0.15, -0.1) is 0 Å². The molecule has 0 saturated heterocycles. The first-order valence-electron chi connectivity index (χ1n) is 8.82. The van der Waals surface area contributed by atoms with Crippen LogP contribution in [0.1, 0.15) is 61.1 Å². The summed E-state index contributed by atoms with van der Waals surface area (Å²) in [6, 6.07) is 13.4. The number of para-hydroxylation sites is 1. The van der Waals surface area contributed by atoms with Crippen molar-refractivity contribution in [2.75, 3.05) is 0 Å². The third kappa shape index (κ3) is 4.07. The molecule has 23 heavy (non-hydrogen) atoms. The average molecular weight is 310 g/mol. The molecular formula is C21H26O2. The Morgan fingerprint density at radius 2 is 1.43 bits per heavy atom. The molecule has 122 valence electrons. The Morgan fingerprint density at radius 3 is 2.17 bits per heavy atom. The van der Waals surface area contributed by atoms with Crippen molar-refractivity contribution in [2.45, 2.75) is 57.3 Å². The van der Waals surface area contributed by atoms with E-state index in [-0.39, 0.29) is 0 Å². The molecule has 0 spiro atoms. The predicted octanol–water partition coefficient (Wildman–Crippen LogP) is 5.32. The summed E-state index contributed by atoms with van der Waals surface area (Å²) in [5, 5.41) is 18.8. The predicted molar refractivity (Wildman–Crippen MR) is 94.1 cm³/mol. The SMILES string of the molecule is Oc1ccc2c(c1)CCCC2.Oc1ccccc1C1CCCC1. The Bertz CT molecular complexity index is 642. The van der Waals surface area contributed by atoms with Crippen LogP contribution in [0.25, 0.3) is 0 Å². The highest BCUT2D eigenvalue weighted by atomic mass is 16.3. The second-order valence-electron chi connectivity index (χ2n) is 6.70. The first-order chi connectivity index (χ1) is 11.2. The Morgan fingerprint density at radius 1 is 0.739 bits per heavy atom. The summed E-state index contributed by atoms with van der Waals surface area (Å²) < 4.78 is 0. The number of hydrogen-bond acceptors (Lipinski definition) is 2. The number of hydrogen-bond donors (Lipinski definition) is 2. The number of phenols is 2. The first kappa shape index (κ1) is 15.9. The Hall–Kier alpha value is -1.96. The van der Waals surface area contributed by atoms with Crippen LogP contribution in [0.15, 0.2) is 42.5 Å². The molecule has 2 aromatic rings. The maximum atomic E-state index is 9.57. The maximum absolute atomic E-state index is 9.57. The van der Waals surface area contributed by atoms with E-state index in [1.54, 1.807) is 12.1 Å². The van der Waals surface area contributed by atoms with Gasteiger partial charge in [-0.1, -0.05) is 37.1 Å². The largest absolute Gasteiger partial charge is 0.508 e. The second kappa shape index (κ2) is 7.54. The lowest BCUT2D eigenvalue weighted by Gasteiger charge is -2.14. The lowest BCUT2D eigenvalue weighted by Crippen LogP contribution is -2.01. The first-order valence-corrected chi connectivity index (χ1v) is 8.82. The van der Waals surface area contributed by atoms with Crippen LogP contribution in [-0.4, -0.2) is 10.2 Å². The molecule has 1 fully saturated rings. The fourth-order valence-corrected chi connectivity index (χ4v) is 3.79. The number of phenolic OH excluding ortho intramolecular Hbond substituents is 2. The van der Waals surface area contributed by atoms with Gasteiger partial charge in [0.2, 0.25) is 0 Å². The molecule has 4 rings (SSSR count). The highest BCUT2D eigenvalue weighted by molar-refractivity contribution is 5.36. The van der Waals surface area contributed by atoms with Gasteiger partial charge in [0, 0.05) is 0 Å². The van der Waals surface area contributed by atoms with Gasteiger partial charge in [0.15, 0.2) is 0 Å². The molecule has 0 amide bonds. The topological polar surface area (TPSA) is 40.5 Å². The van der Waals surface area contributed by atoms with Crippen molar-refractivity contribution in [3.63, 3.8) is 0 Å². The summed E-state index contributed by atoms with van der Waals surface area (Å²) >= 11 is 0. The zero-order valence-corrected chi connectivity index (χ0v) is 13.7. The third-order valence-corrected chi connectivity index (χ3v) is 5.06. The van der Waals surface area contributed by atoms with Crippen molar-refractivity contribution in [3.8, 4) is 11.5 Å². The van der Waals surface area contributed by atoms with Gasteiger partial charge < -0.3 is 10.2 Å². The number of aromatic hydroxyl groups is 2. The standard InChI is InChI=1S/C11H14O.C10H12O/c12-11-8-4-3-7-10(11)9-5-1-2-6-9;11-10-6-5-8-3-1-2-4-9(8)7-10/h3-4,7-9,12H,1-2,5-6H2;5-7,11H,1-4H2. The fourth-order valence-electron chi connectivity index (χ4n) is 3.79. The van der Waals surface area contributed by atoms with Crippen molar-refractivity contribution >= 4 is 0 Å². The lowest BCUT2D eigenvalue weighted by atomic mass is 9.92. The van der Waals surface area contributed by atoms with E-state index >= 15 is 0 Å². The minimum atomic E-state index is 0.408. The molecule has 2 aliphatic carbocycles. The molecule has 0 heterocycles. The van der Waals surface area contributed by atoms with Crippen molar-refractivity contribution < 1.29 is 10.2 Å². The molecule has 0 radical (unpaired) electrons. The summed E-state index contributed by atoms with van der Waals surface area (Å²) in [5.41, 5.74) is 3.92. The van der Waals surface area contributed by atoms with Crippen molar-refractivity contribution in [3.05, 3.63) is 59.2 Å². The third-order valence-electron chi connectivity index (χ3n) is 5.06. The Kier molecular flexibility index (Phi) is 5.22. The summed E-state index contributed by atoms with van der Waals surface area (Å²) in [6.45, 7) is 0. The van der Waals surface area contributed by atoms with Gasteiger partial charge in [-0.3, -0.25) is 0 Å². The number of benzene rings is 2. The van der Waals surface area contributed by atoms with Crippen LogP contribution in [0.4, 0.5) is 0 Å². The van der Waals surface area contributed by atoms with Crippen LogP contribution in [0.2, 0.25) is 0 Å². The maximum Gasteiger partial charge on any atom is 0.119 e. The van der Waals surface area contributed by atoms with E-state index in [0.717, 1.165) is 12.0 Å². The molecule has 2 aliphatic rings. The zero-order chi connectivity index (χ0) is 16.1. The summed E-state index contributed by atoms with van der Waals surface area (Å²) in [4.78, 5) is 0. The molecule has 1 saturated carbocycles. The molecule has 0 atom stereocenters. The lowest BCUT2D eigenvalue weighted by molar-refractivity contribution is 0.461. The molecule has 2 N–H and O–H groups in total. The van der Waals surface area contributed by atoms with Crippen LogP contribution in [0, 0.1) is 0 Å². The van der Waals surface area contributed by atoms with Gasteiger partial charge >= 0.3 is 0 Å². The summed E-state index contributed by atoms with van der Waals surface area (Å²) in [5.74, 6) is 1.50. The molecule has 0 aromatic heterocycles. The highest BCUT2D eigenvalue weighted by Gasteiger charge is 2.18. The van der Waals surface area contributed by atoms with E-state index in [0.29, 0.717) is 17.4 Å². The zero-order valence-electron chi connectivity index (χ0n) is 13.7. The van der Waals surface area contributed by atoms with E-state index < -0.39 is 0 Å². The van der Waals surface area contributed by atoms with Crippen molar-refractivity contribution in [2.24, 2.45) is 0 Å². The van der Waals surface area contributed by atoms with E-state index in [9.17, 15) is 10.2 Å². The molecule has 2 heteroatoms. The number of fused-ring (bicyclic) bond motifs is 1. The van der Waals surface area contributed by atoms with Crippen LogP contribution in [0.5, 0.6) is 11.5 Å². The smallest absolute Gasteiger partial charge is 0.119 e. The second-order valence-corrected chi connectivity index (χ2v) is 6.70. The minimum absolute atomic E-state index is 0.408. The molecule has 0 unspecified atom stereocenters. The van der Waals surface area contributed by atoms with Gasteiger partial charge in [-0.25, -0.2) is 0 Å². The Balaban J connectivity index is 0.000000136. The van der Waals surface area contributed by atoms with Gasteiger partial charge in [0.05, 0.1) is 0 Å². The fraction of sp³-hybridized carbons (Fsp3) is 0.429. The van der Waals surface area contributed by atoms with Crippen LogP contribution in [-0.2, 0) is 12.8 Å². The van der Waals surface area contributed by atoms with Gasteiger partial charge in [-0.05, 0) is 79.3 Å². The minimum Gasteiger partial charge on any atom is -0.508 e. The van der Waals surface area contributed by atoms with Crippen molar-refractivity contribution in [1.29, 1.82) is 0 Å². The van der Waals surface area contributed by atoms with Gasteiger partial charge in [0.1, 0.15) is 11.5 Å². The normalized spacial score (nSPS) is 17.2. The molecule has 0 aliphatic heterocycles. The van der Waals surface area contributed by atoms with Crippen molar-refractivity contribution in [1.82, 2.24) is 0 Å². The quantitative estimate of drug-likeness (QED) is 0.748. The Labute approximate surface area is 138 Å². The van der Waals surface area contributed by atoms with Crippen LogP contribution in [0.3, 0.4) is 0 Å². The highest BCUT2D eigenvalue weighted by Crippen LogP contribution is 2.37. The molecule has 2 nitrogen and oxygen atoms in total. The summed E-state index contributed by atoms with van der Waals surface area (Å²) in [7, 11) is 0. The van der Waals surface area contributed by atoms with E-state index in [1.807, 2.05) is 30.3 Å². The van der Waals surface area contributed by atoms with E-state index in [4.69, 9.17) is 0 Å². The number of rotatable bonds is 1. The van der Waals surface area contributed by atoms with E-state index in [1.165, 1.54) is 56.1 Å². The number of aryl methyl sites for hydroxylation is 2. The summed E-state index contributed by atoms with van der Waals surface area (Å²) in [6.07, 6.45) is 10.0. The molecular weight excluding hydrogens is 284 g/mol. The molecule has 2 aromatic carbocycles. The monoisotopic (exact) mass is 310 g/mol. The average Bonchev–Trinajstić information content (AvgIpc) is 3.10. The van der Waals surface area contributed by atoms with Gasteiger partial charge in [0.25, 0.3) is 0 Å². The molecule has 0 bridgehead atoms. The van der Waals surface area contributed by atoms with E-state index in [2.05, 4.69) is 0 Å². The van der Waals surface area contributed by atoms with Crippen LogP contribution < -0.4 is 0 Å². The van der Waals surface area contributed by atoms with Crippen LogP contribution >= 0.6 is 0 Å². The van der Waals surface area contributed by atoms with Gasteiger partial charge in [-0.2, -0.15) is 0 Å².